The van der Waals surface area contributed by atoms with Crippen LogP contribution < -0.4 is 14.8 Å². The van der Waals surface area contributed by atoms with Crippen molar-refractivity contribution in [2.45, 2.75) is 19.8 Å². The normalized spacial score (nSPS) is 12.0. The molecule has 3 aromatic heterocycles. The van der Waals surface area contributed by atoms with Gasteiger partial charge in [-0.2, -0.15) is 9.50 Å². The second kappa shape index (κ2) is 9.21. The first-order valence-electron chi connectivity index (χ1n) is 10.6. The zero-order valence-corrected chi connectivity index (χ0v) is 19.4. The van der Waals surface area contributed by atoms with Crippen LogP contribution in [-0.2, 0) is 0 Å². The summed E-state index contributed by atoms with van der Waals surface area (Å²) in [6.45, 7) is 2.83. The van der Waals surface area contributed by atoms with E-state index in [1.54, 1.807) is 6.08 Å². The van der Waals surface area contributed by atoms with Crippen molar-refractivity contribution >= 4 is 34.0 Å². The Balaban J connectivity index is 1.39. The van der Waals surface area contributed by atoms with Gasteiger partial charge in [0.2, 0.25) is 4.96 Å². The number of halogens is 1. The molecule has 33 heavy (non-hydrogen) atoms. The summed E-state index contributed by atoms with van der Waals surface area (Å²) in [6, 6.07) is 18.7. The average molecular weight is 478 g/mol. The van der Waals surface area contributed by atoms with Gasteiger partial charge in [0.05, 0.1) is 6.61 Å². The summed E-state index contributed by atoms with van der Waals surface area (Å²) < 4.78 is 13.4. The zero-order chi connectivity index (χ0) is 22.8. The van der Waals surface area contributed by atoms with Gasteiger partial charge in [0.15, 0.2) is 5.82 Å². The molecule has 0 aliphatic heterocycles. The molecule has 0 fully saturated rings. The van der Waals surface area contributed by atoms with Gasteiger partial charge < -0.3 is 9.15 Å². The lowest BCUT2D eigenvalue weighted by Crippen LogP contribution is -2.23. The molecular weight excluding hydrogens is 458 g/mol. The van der Waals surface area contributed by atoms with Crippen LogP contribution in [0.25, 0.3) is 33.7 Å². The Bertz CT molecular complexity index is 1500. The molecule has 166 valence electrons. The molecule has 0 N–H and O–H groups in total. The monoisotopic (exact) mass is 477 g/mol. The summed E-state index contributed by atoms with van der Waals surface area (Å²) in [5.41, 5.74) is 1.52. The van der Waals surface area contributed by atoms with Crippen LogP contribution in [0.5, 0.6) is 5.75 Å². The molecule has 0 spiro atoms. The molecule has 2 aromatic carbocycles. The third kappa shape index (κ3) is 4.55. The maximum Gasteiger partial charge on any atom is 0.291 e. The molecule has 0 saturated carbocycles. The number of hydrogen-bond acceptors (Lipinski definition) is 6. The quantitative estimate of drug-likeness (QED) is 0.291. The maximum absolute atomic E-state index is 12.9. The second-order valence-electron chi connectivity index (χ2n) is 7.48. The van der Waals surface area contributed by atoms with Crippen molar-refractivity contribution in [2.75, 3.05) is 6.61 Å². The number of hydrogen-bond donors (Lipinski definition) is 0. The van der Waals surface area contributed by atoms with Crippen molar-refractivity contribution in [3.63, 3.8) is 0 Å². The molecule has 3 heterocycles. The van der Waals surface area contributed by atoms with Crippen molar-refractivity contribution in [1.29, 1.82) is 0 Å². The van der Waals surface area contributed by atoms with Crippen LogP contribution >= 0.6 is 22.9 Å². The molecule has 8 heteroatoms. The molecule has 0 unspecified atom stereocenters. The van der Waals surface area contributed by atoms with Crippen LogP contribution in [-0.4, -0.2) is 21.2 Å². The van der Waals surface area contributed by atoms with Gasteiger partial charge in [0.1, 0.15) is 21.8 Å². The highest BCUT2D eigenvalue weighted by molar-refractivity contribution is 7.15. The van der Waals surface area contributed by atoms with Gasteiger partial charge >= 0.3 is 0 Å². The Kier molecular flexibility index (Phi) is 5.98. The van der Waals surface area contributed by atoms with Gasteiger partial charge in [0.25, 0.3) is 5.56 Å². The Morgan fingerprint density at radius 1 is 1.06 bits per heavy atom. The van der Waals surface area contributed by atoms with E-state index in [0.29, 0.717) is 38.5 Å². The van der Waals surface area contributed by atoms with Crippen LogP contribution in [0.15, 0.2) is 69.9 Å². The van der Waals surface area contributed by atoms with E-state index in [0.717, 1.165) is 29.7 Å². The Morgan fingerprint density at radius 3 is 2.55 bits per heavy atom. The number of fused-ring (bicyclic) bond motifs is 1. The van der Waals surface area contributed by atoms with Crippen molar-refractivity contribution in [3.05, 3.63) is 86.3 Å². The minimum absolute atomic E-state index is 0.224. The number of thiazole rings is 1. The van der Waals surface area contributed by atoms with Gasteiger partial charge in [0, 0.05) is 22.2 Å². The van der Waals surface area contributed by atoms with Gasteiger partial charge in [-0.25, -0.2) is 0 Å². The molecule has 0 aliphatic rings. The van der Waals surface area contributed by atoms with E-state index in [1.807, 2.05) is 60.7 Å². The highest BCUT2D eigenvalue weighted by Gasteiger charge is 2.13. The Morgan fingerprint density at radius 2 is 1.82 bits per heavy atom. The van der Waals surface area contributed by atoms with Crippen molar-refractivity contribution in [2.24, 2.45) is 0 Å². The molecule has 6 nitrogen and oxygen atoms in total. The molecule has 0 atom stereocenters. The minimum atomic E-state index is -0.224. The summed E-state index contributed by atoms with van der Waals surface area (Å²) in [5, 5.41) is 5.08. The van der Waals surface area contributed by atoms with E-state index < -0.39 is 0 Å². The van der Waals surface area contributed by atoms with Crippen LogP contribution in [0, 0.1) is 0 Å². The fourth-order valence-corrected chi connectivity index (χ4v) is 4.33. The first kappa shape index (κ1) is 21.4. The number of ether oxygens (including phenoxy) is 1. The molecule has 0 radical (unpaired) electrons. The molecule has 0 amide bonds. The first-order chi connectivity index (χ1) is 16.1. The van der Waals surface area contributed by atoms with E-state index in [2.05, 4.69) is 17.0 Å². The van der Waals surface area contributed by atoms with Gasteiger partial charge in [-0.05, 0) is 67.1 Å². The molecule has 5 aromatic rings. The lowest BCUT2D eigenvalue weighted by atomic mass is 10.2. The lowest BCUT2D eigenvalue weighted by molar-refractivity contribution is 0.309. The second-order valence-corrected chi connectivity index (χ2v) is 8.93. The van der Waals surface area contributed by atoms with E-state index >= 15 is 0 Å². The lowest BCUT2D eigenvalue weighted by Gasteiger charge is -2.05. The number of rotatable bonds is 7. The summed E-state index contributed by atoms with van der Waals surface area (Å²) >= 11 is 7.22. The number of benzene rings is 2. The van der Waals surface area contributed by atoms with Crippen molar-refractivity contribution < 1.29 is 9.15 Å². The van der Waals surface area contributed by atoms with E-state index in [4.69, 9.17) is 20.8 Å². The summed E-state index contributed by atoms with van der Waals surface area (Å²) in [5.74, 6) is 2.61. The molecular formula is C25H20ClN3O3S. The van der Waals surface area contributed by atoms with Crippen molar-refractivity contribution in [1.82, 2.24) is 14.6 Å². The summed E-state index contributed by atoms with van der Waals surface area (Å²) in [7, 11) is 0. The molecule has 5 rings (SSSR count). The van der Waals surface area contributed by atoms with Gasteiger partial charge in [-0.3, -0.25) is 4.79 Å². The smallest absolute Gasteiger partial charge is 0.291 e. The fraction of sp³-hybridized carbons (Fsp3) is 0.160. The van der Waals surface area contributed by atoms with E-state index in [-0.39, 0.29) is 5.56 Å². The third-order valence-electron chi connectivity index (χ3n) is 5.09. The number of nitrogens with zero attached hydrogens (tertiary/aromatic N) is 3. The van der Waals surface area contributed by atoms with Crippen LogP contribution in [0.1, 0.15) is 25.5 Å². The SMILES string of the molecule is CCCCOc1ccc(-c2nc3sc(=Cc4ccc(-c5ccc(Cl)cc5)o4)c(=O)n3n2)cc1. The number of aromatic nitrogens is 3. The van der Waals surface area contributed by atoms with Gasteiger partial charge in [-0.1, -0.05) is 36.3 Å². The molecule has 0 bridgehead atoms. The van der Waals surface area contributed by atoms with Gasteiger partial charge in [-0.15, -0.1) is 5.10 Å². The summed E-state index contributed by atoms with van der Waals surface area (Å²) in [4.78, 5) is 17.9. The van der Waals surface area contributed by atoms with Crippen LogP contribution in [0.3, 0.4) is 0 Å². The topological polar surface area (TPSA) is 69.6 Å². The zero-order valence-electron chi connectivity index (χ0n) is 17.8. The van der Waals surface area contributed by atoms with E-state index in [9.17, 15) is 4.79 Å². The minimum Gasteiger partial charge on any atom is -0.494 e. The first-order valence-corrected chi connectivity index (χ1v) is 11.8. The number of unbranched alkanes of at least 4 members (excludes halogenated alkanes) is 1. The largest absolute Gasteiger partial charge is 0.494 e. The predicted octanol–water partition coefficient (Wildman–Crippen LogP) is 5.46. The highest BCUT2D eigenvalue weighted by atomic mass is 35.5. The predicted molar refractivity (Wildman–Crippen MR) is 131 cm³/mol. The summed E-state index contributed by atoms with van der Waals surface area (Å²) in [6.07, 6.45) is 3.82. The standard InChI is InChI=1S/C25H20ClN3O3S/c1-2-3-14-31-19-10-6-17(7-11-19)23-27-25-29(28-23)24(30)22(33-25)15-20-12-13-21(32-20)16-4-8-18(26)9-5-16/h4-13,15H,2-3,14H2,1H3. The van der Waals surface area contributed by atoms with Crippen LogP contribution in [0.2, 0.25) is 5.02 Å². The van der Waals surface area contributed by atoms with E-state index in [1.165, 1.54) is 15.9 Å². The van der Waals surface area contributed by atoms with Crippen LogP contribution in [0.4, 0.5) is 0 Å². The Labute approximate surface area is 198 Å². The molecule has 0 aliphatic carbocycles. The fourth-order valence-electron chi connectivity index (χ4n) is 3.32. The molecule has 0 saturated heterocycles. The number of furan rings is 1. The maximum atomic E-state index is 12.9. The third-order valence-corrected chi connectivity index (χ3v) is 6.30. The van der Waals surface area contributed by atoms with Crippen molar-refractivity contribution in [3.8, 4) is 28.5 Å². The highest BCUT2D eigenvalue weighted by Crippen LogP contribution is 2.24. The Hall–Kier alpha value is -3.42. The average Bonchev–Trinajstić information content (AvgIpc) is 3.53.